The van der Waals surface area contributed by atoms with Crippen LogP contribution >= 0.6 is 0 Å². The van der Waals surface area contributed by atoms with Gasteiger partial charge in [0.1, 0.15) is 5.82 Å². The first-order valence-electron chi connectivity index (χ1n) is 7.74. The molecule has 0 spiro atoms. The largest absolute Gasteiger partial charge is 0.417 e. The number of rotatable bonds is 7. The molecule has 27 heavy (non-hydrogen) atoms. The highest BCUT2D eigenvalue weighted by Crippen LogP contribution is 2.28. The van der Waals surface area contributed by atoms with Crippen LogP contribution in [0.1, 0.15) is 15.9 Å². The molecule has 3 N–H and O–H groups in total. The van der Waals surface area contributed by atoms with Crippen molar-refractivity contribution in [3.8, 4) is 0 Å². The minimum absolute atomic E-state index is 0.111. The van der Waals surface area contributed by atoms with Gasteiger partial charge in [-0.2, -0.15) is 13.2 Å². The molecule has 11 heteroatoms. The predicted octanol–water partition coefficient (Wildman–Crippen LogP) is 2.89. The summed E-state index contributed by atoms with van der Waals surface area (Å²) in [6.07, 6.45) is -3.74. The molecule has 1 heterocycles. The number of nitrogens with one attached hydrogen (secondary N) is 3. The normalized spacial score (nSPS) is 11.0. The van der Waals surface area contributed by atoms with Crippen LogP contribution in [0.3, 0.4) is 0 Å². The summed E-state index contributed by atoms with van der Waals surface area (Å²) >= 11 is 0. The molecule has 1 aromatic carbocycles. The van der Waals surface area contributed by atoms with Gasteiger partial charge in [0.05, 0.1) is 16.1 Å². The highest BCUT2D eigenvalue weighted by molar-refractivity contribution is 6.00. The van der Waals surface area contributed by atoms with Crippen LogP contribution < -0.4 is 16.0 Å². The van der Waals surface area contributed by atoms with E-state index in [9.17, 15) is 28.1 Å². The number of carbonyl (C=O) groups excluding carboxylic acids is 1. The van der Waals surface area contributed by atoms with E-state index in [1.165, 1.54) is 18.2 Å². The van der Waals surface area contributed by atoms with Crippen molar-refractivity contribution in [2.45, 2.75) is 6.18 Å². The van der Waals surface area contributed by atoms with E-state index in [0.29, 0.717) is 11.9 Å². The zero-order chi connectivity index (χ0) is 20.0. The molecule has 0 aliphatic carbocycles. The second-order valence-corrected chi connectivity index (χ2v) is 5.35. The van der Waals surface area contributed by atoms with Gasteiger partial charge in [-0.1, -0.05) is 0 Å². The number of alkyl halides is 3. The Balaban J connectivity index is 1.91. The summed E-state index contributed by atoms with van der Waals surface area (Å²) in [6, 6.07) is 5.95. The number of nitro benzene ring substituents is 1. The Morgan fingerprint density at radius 3 is 2.52 bits per heavy atom. The van der Waals surface area contributed by atoms with Crippen LogP contribution in [0.4, 0.5) is 30.4 Å². The zero-order valence-corrected chi connectivity index (χ0v) is 14.1. The average molecular weight is 383 g/mol. The fourth-order valence-electron chi connectivity index (χ4n) is 2.18. The molecule has 2 rings (SSSR count). The lowest BCUT2D eigenvalue weighted by molar-refractivity contribution is -0.384. The Morgan fingerprint density at radius 1 is 1.22 bits per heavy atom. The van der Waals surface area contributed by atoms with Gasteiger partial charge in [0.15, 0.2) is 0 Å². The highest BCUT2D eigenvalue weighted by atomic mass is 19.4. The molecule has 0 fully saturated rings. The van der Waals surface area contributed by atoms with Gasteiger partial charge < -0.3 is 16.0 Å². The third-order valence-corrected chi connectivity index (χ3v) is 3.54. The van der Waals surface area contributed by atoms with Crippen LogP contribution in [0.5, 0.6) is 0 Å². The third-order valence-electron chi connectivity index (χ3n) is 3.54. The van der Waals surface area contributed by atoms with Crippen LogP contribution in [0, 0.1) is 10.1 Å². The van der Waals surface area contributed by atoms with Crippen molar-refractivity contribution in [2.24, 2.45) is 0 Å². The number of non-ortho nitro benzene ring substituents is 1. The van der Waals surface area contributed by atoms with Crippen LogP contribution in [0.2, 0.25) is 0 Å². The lowest BCUT2D eigenvalue weighted by Crippen LogP contribution is -2.29. The Bertz CT molecular complexity index is 825. The van der Waals surface area contributed by atoms with Gasteiger partial charge in [0.2, 0.25) is 0 Å². The van der Waals surface area contributed by atoms with Gasteiger partial charge in [-0.15, -0.1) is 0 Å². The molecule has 0 aliphatic rings. The van der Waals surface area contributed by atoms with Crippen molar-refractivity contribution in [1.82, 2.24) is 10.3 Å². The molecule has 0 saturated heterocycles. The number of nitro groups is 1. The van der Waals surface area contributed by atoms with Gasteiger partial charge in [-0.05, 0) is 18.2 Å². The Hall–Kier alpha value is -3.37. The van der Waals surface area contributed by atoms with Gasteiger partial charge >= 0.3 is 6.18 Å². The van der Waals surface area contributed by atoms with E-state index in [1.54, 1.807) is 7.05 Å². The number of amides is 1. The minimum atomic E-state index is -4.46. The van der Waals surface area contributed by atoms with E-state index in [-0.39, 0.29) is 30.2 Å². The van der Waals surface area contributed by atoms with E-state index in [4.69, 9.17) is 0 Å². The molecule has 1 amide bonds. The van der Waals surface area contributed by atoms with Gasteiger partial charge in [-0.25, -0.2) is 4.98 Å². The number of anilines is 2. The minimum Gasteiger partial charge on any atom is -0.387 e. The number of carbonyl (C=O) groups is 1. The van der Waals surface area contributed by atoms with Crippen LogP contribution in [0.25, 0.3) is 0 Å². The second-order valence-electron chi connectivity index (χ2n) is 5.35. The topological polar surface area (TPSA) is 109 Å². The number of hydrogen-bond acceptors (Lipinski definition) is 6. The number of halogens is 3. The monoisotopic (exact) mass is 383 g/mol. The fourth-order valence-corrected chi connectivity index (χ4v) is 2.18. The van der Waals surface area contributed by atoms with Gasteiger partial charge in [0.25, 0.3) is 11.6 Å². The maximum atomic E-state index is 12.5. The van der Waals surface area contributed by atoms with Crippen molar-refractivity contribution in [1.29, 1.82) is 0 Å². The molecular weight excluding hydrogens is 367 g/mol. The van der Waals surface area contributed by atoms with E-state index in [0.717, 1.165) is 12.1 Å². The van der Waals surface area contributed by atoms with E-state index in [2.05, 4.69) is 20.9 Å². The molecule has 1 aromatic heterocycles. The molecule has 144 valence electrons. The Labute approximate surface area is 151 Å². The summed E-state index contributed by atoms with van der Waals surface area (Å²) in [5, 5.41) is 19.0. The maximum Gasteiger partial charge on any atom is 0.417 e. The SMILES string of the molecule is CNc1ccc([N+](=O)[O-])cc1C(=O)NCCNc1ccc(C(F)(F)F)cn1. The summed E-state index contributed by atoms with van der Waals surface area (Å²) in [5.74, 6) is -0.297. The molecule has 0 radical (unpaired) electrons. The van der Waals surface area contributed by atoms with Crippen molar-refractivity contribution in [3.63, 3.8) is 0 Å². The molecule has 0 atom stereocenters. The number of hydrogen-bond donors (Lipinski definition) is 3. The quantitative estimate of drug-likeness (QED) is 0.385. The molecule has 0 unspecified atom stereocenters. The zero-order valence-electron chi connectivity index (χ0n) is 14.1. The Morgan fingerprint density at radius 2 is 1.96 bits per heavy atom. The average Bonchev–Trinajstić information content (AvgIpc) is 2.64. The fraction of sp³-hybridized carbons (Fsp3) is 0.250. The lowest BCUT2D eigenvalue weighted by Gasteiger charge is -2.11. The second kappa shape index (κ2) is 8.34. The first-order valence-corrected chi connectivity index (χ1v) is 7.74. The van der Waals surface area contributed by atoms with Gasteiger partial charge in [0, 0.05) is 44.2 Å². The molecule has 0 aliphatic heterocycles. The molecule has 0 saturated carbocycles. The van der Waals surface area contributed by atoms with Crippen LogP contribution in [-0.4, -0.2) is 36.0 Å². The van der Waals surface area contributed by atoms with Crippen molar-refractivity contribution in [3.05, 3.63) is 57.8 Å². The molecule has 8 nitrogen and oxygen atoms in total. The first-order chi connectivity index (χ1) is 12.7. The smallest absolute Gasteiger partial charge is 0.387 e. The number of benzene rings is 1. The maximum absolute atomic E-state index is 12.5. The Kier molecular flexibility index (Phi) is 6.16. The molecular formula is C16H16F3N5O3. The van der Waals surface area contributed by atoms with Crippen molar-refractivity contribution >= 4 is 23.1 Å². The van der Waals surface area contributed by atoms with Crippen molar-refractivity contribution < 1.29 is 22.9 Å². The van der Waals surface area contributed by atoms with Gasteiger partial charge in [-0.3, -0.25) is 14.9 Å². The lowest BCUT2D eigenvalue weighted by atomic mass is 10.1. The summed E-state index contributed by atoms with van der Waals surface area (Å²) in [5.41, 5.74) is -0.535. The number of aromatic nitrogens is 1. The third kappa shape index (κ3) is 5.30. The van der Waals surface area contributed by atoms with Crippen molar-refractivity contribution in [2.75, 3.05) is 30.8 Å². The summed E-state index contributed by atoms with van der Waals surface area (Å²) < 4.78 is 37.4. The van der Waals surface area contributed by atoms with Crippen LogP contribution in [-0.2, 0) is 6.18 Å². The number of nitrogens with zero attached hydrogens (tertiary/aromatic N) is 2. The summed E-state index contributed by atoms with van der Waals surface area (Å²) in [6.45, 7) is 0.335. The van der Waals surface area contributed by atoms with E-state index < -0.39 is 22.6 Å². The number of pyridine rings is 1. The summed E-state index contributed by atoms with van der Waals surface area (Å²) in [4.78, 5) is 26.1. The van der Waals surface area contributed by atoms with E-state index in [1.807, 2.05) is 0 Å². The first kappa shape index (κ1) is 19.9. The standard InChI is InChI=1S/C16H16F3N5O3/c1-20-13-4-3-11(24(26)27)8-12(13)15(25)22-7-6-21-14-5-2-10(9-23-14)16(17,18)19/h2-5,8-9,20H,6-7H2,1H3,(H,21,23)(H,22,25). The highest BCUT2D eigenvalue weighted by Gasteiger charge is 2.30. The van der Waals surface area contributed by atoms with Crippen LogP contribution in [0.15, 0.2) is 36.5 Å². The predicted molar refractivity (Wildman–Crippen MR) is 92.7 cm³/mol. The van der Waals surface area contributed by atoms with E-state index >= 15 is 0 Å². The summed E-state index contributed by atoms with van der Waals surface area (Å²) in [7, 11) is 1.58. The molecule has 2 aromatic rings. The molecule has 0 bridgehead atoms.